The molecule has 1 amide bonds. The highest BCUT2D eigenvalue weighted by Gasteiger charge is 2.12. The van der Waals surface area contributed by atoms with Gasteiger partial charge in [-0.15, -0.1) is 10.2 Å². The molecule has 0 radical (unpaired) electrons. The first-order valence-electron chi connectivity index (χ1n) is 8.06. The molecule has 1 aromatic heterocycles. The minimum atomic E-state index is -0.181. The Labute approximate surface area is 184 Å². The highest BCUT2D eigenvalue weighted by Crippen LogP contribution is 2.25. The Morgan fingerprint density at radius 2 is 1.93 bits per heavy atom. The topological polar surface area (TPSA) is 69.0 Å². The van der Waals surface area contributed by atoms with Crippen LogP contribution in [0.1, 0.15) is 5.82 Å². The number of amides is 1. The maximum Gasteiger partial charge on any atom is 0.234 e. The number of carbonyl (C=O) groups is 1. The van der Waals surface area contributed by atoms with Crippen LogP contribution in [0.15, 0.2) is 52.1 Å². The van der Waals surface area contributed by atoms with E-state index in [-0.39, 0.29) is 18.3 Å². The fraction of sp³-hybridized carbons (Fsp3) is 0.167. The van der Waals surface area contributed by atoms with E-state index in [2.05, 4.69) is 31.4 Å². The molecule has 2 aromatic carbocycles. The molecule has 0 bridgehead atoms. The molecular weight excluding hydrogens is 487 g/mol. The minimum absolute atomic E-state index is 0.180. The summed E-state index contributed by atoms with van der Waals surface area (Å²) in [6.45, 7) is 0.279. The van der Waals surface area contributed by atoms with Crippen molar-refractivity contribution in [2.75, 3.05) is 11.1 Å². The second-order valence-electron chi connectivity index (χ2n) is 5.67. The van der Waals surface area contributed by atoms with E-state index in [0.717, 1.165) is 10.2 Å². The van der Waals surface area contributed by atoms with E-state index in [0.29, 0.717) is 26.7 Å². The molecule has 0 aliphatic rings. The van der Waals surface area contributed by atoms with Gasteiger partial charge in [-0.2, -0.15) is 0 Å². The number of anilines is 1. The van der Waals surface area contributed by atoms with Crippen LogP contribution in [0.3, 0.4) is 0 Å². The third-order valence-electron chi connectivity index (χ3n) is 3.64. The van der Waals surface area contributed by atoms with Crippen molar-refractivity contribution in [3.8, 4) is 5.75 Å². The number of nitrogens with zero attached hydrogens (tertiary/aromatic N) is 3. The van der Waals surface area contributed by atoms with Gasteiger partial charge in [-0.05, 0) is 42.5 Å². The molecule has 3 aromatic rings. The van der Waals surface area contributed by atoms with E-state index in [4.69, 9.17) is 27.9 Å². The molecule has 28 heavy (non-hydrogen) atoms. The van der Waals surface area contributed by atoms with Crippen molar-refractivity contribution in [3.63, 3.8) is 0 Å². The standard InChI is InChI=1S/C18H15BrCl2N4O2S/c1-25-16(9-27-13-5-2-11(19)3-6-13)23-24-18(25)28-10-17(26)22-12-4-7-14(20)15(21)8-12/h2-8H,9-10H2,1H3,(H,22,26). The summed E-state index contributed by atoms with van der Waals surface area (Å²) in [6, 6.07) is 12.5. The molecule has 0 fully saturated rings. The summed E-state index contributed by atoms with van der Waals surface area (Å²) < 4.78 is 8.49. The van der Waals surface area contributed by atoms with Gasteiger partial charge in [-0.25, -0.2) is 0 Å². The Hall–Kier alpha value is -1.74. The van der Waals surface area contributed by atoms with Crippen LogP contribution in [-0.2, 0) is 18.4 Å². The van der Waals surface area contributed by atoms with Crippen molar-refractivity contribution in [2.45, 2.75) is 11.8 Å². The van der Waals surface area contributed by atoms with E-state index in [9.17, 15) is 4.79 Å². The Kier molecular flexibility index (Phi) is 7.23. The molecule has 146 valence electrons. The van der Waals surface area contributed by atoms with Gasteiger partial charge in [0.2, 0.25) is 5.91 Å². The van der Waals surface area contributed by atoms with E-state index < -0.39 is 0 Å². The second kappa shape index (κ2) is 9.65. The second-order valence-corrected chi connectivity index (χ2v) is 8.34. The summed E-state index contributed by atoms with van der Waals surface area (Å²) in [7, 11) is 1.83. The molecule has 1 heterocycles. The van der Waals surface area contributed by atoms with Gasteiger partial charge >= 0.3 is 0 Å². The molecule has 0 aliphatic heterocycles. The first-order valence-corrected chi connectivity index (χ1v) is 10.6. The summed E-state index contributed by atoms with van der Waals surface area (Å²) >= 11 is 16.5. The number of hydrogen-bond acceptors (Lipinski definition) is 5. The van der Waals surface area contributed by atoms with E-state index in [1.165, 1.54) is 11.8 Å². The highest BCUT2D eigenvalue weighted by atomic mass is 79.9. The SMILES string of the molecule is Cn1c(COc2ccc(Br)cc2)nnc1SCC(=O)Nc1ccc(Cl)c(Cl)c1. The Balaban J connectivity index is 1.52. The molecular formula is C18H15BrCl2N4O2S. The zero-order valence-corrected chi connectivity index (χ0v) is 18.6. The molecule has 1 N–H and O–H groups in total. The van der Waals surface area contributed by atoms with Crippen LogP contribution in [0.2, 0.25) is 10.0 Å². The quantitative estimate of drug-likeness (QED) is 0.451. The van der Waals surface area contributed by atoms with Crippen molar-refractivity contribution in [1.82, 2.24) is 14.8 Å². The number of hydrogen-bond donors (Lipinski definition) is 1. The van der Waals surface area contributed by atoms with Crippen molar-refractivity contribution >= 4 is 62.5 Å². The van der Waals surface area contributed by atoms with Crippen molar-refractivity contribution in [3.05, 3.63) is 62.8 Å². The summed E-state index contributed by atoms with van der Waals surface area (Å²) in [5.74, 6) is 1.40. The molecule has 3 rings (SSSR count). The predicted octanol–water partition coefficient (Wildman–Crippen LogP) is 5.19. The summed E-state index contributed by atoms with van der Waals surface area (Å²) in [5, 5.41) is 12.5. The zero-order valence-electron chi connectivity index (χ0n) is 14.7. The highest BCUT2D eigenvalue weighted by molar-refractivity contribution is 9.10. The van der Waals surface area contributed by atoms with E-state index >= 15 is 0 Å². The Bertz CT molecular complexity index is 982. The fourth-order valence-electron chi connectivity index (χ4n) is 2.18. The smallest absolute Gasteiger partial charge is 0.234 e. The van der Waals surface area contributed by atoms with Crippen molar-refractivity contribution in [2.24, 2.45) is 7.05 Å². The summed E-state index contributed by atoms with van der Waals surface area (Å²) in [6.07, 6.45) is 0. The number of carbonyl (C=O) groups excluding carboxylic acids is 1. The van der Waals surface area contributed by atoms with Gasteiger partial charge in [-0.1, -0.05) is 50.9 Å². The first kappa shape index (κ1) is 21.0. The minimum Gasteiger partial charge on any atom is -0.486 e. The van der Waals surface area contributed by atoms with Gasteiger partial charge in [0.1, 0.15) is 12.4 Å². The van der Waals surface area contributed by atoms with Crippen molar-refractivity contribution < 1.29 is 9.53 Å². The van der Waals surface area contributed by atoms with Crippen LogP contribution in [-0.4, -0.2) is 26.4 Å². The largest absolute Gasteiger partial charge is 0.486 e. The number of benzene rings is 2. The van der Waals surface area contributed by atoms with Gasteiger partial charge in [0, 0.05) is 17.2 Å². The lowest BCUT2D eigenvalue weighted by molar-refractivity contribution is -0.113. The van der Waals surface area contributed by atoms with Crippen LogP contribution in [0, 0.1) is 0 Å². The maximum atomic E-state index is 12.1. The van der Waals surface area contributed by atoms with E-state index in [1.54, 1.807) is 22.8 Å². The Morgan fingerprint density at radius 1 is 1.18 bits per heavy atom. The van der Waals surface area contributed by atoms with Gasteiger partial charge in [0.25, 0.3) is 0 Å². The molecule has 0 saturated carbocycles. The normalized spacial score (nSPS) is 10.7. The summed E-state index contributed by atoms with van der Waals surface area (Å²) in [4.78, 5) is 12.1. The number of ether oxygens (including phenoxy) is 1. The lowest BCUT2D eigenvalue weighted by Gasteiger charge is -2.07. The average molecular weight is 502 g/mol. The van der Waals surface area contributed by atoms with Gasteiger partial charge in [0.15, 0.2) is 11.0 Å². The monoisotopic (exact) mass is 500 g/mol. The molecule has 0 aliphatic carbocycles. The fourth-order valence-corrected chi connectivity index (χ4v) is 3.47. The van der Waals surface area contributed by atoms with Crippen LogP contribution >= 0.6 is 50.9 Å². The maximum absolute atomic E-state index is 12.1. The molecule has 10 heteroatoms. The average Bonchev–Trinajstić information content (AvgIpc) is 3.02. The van der Waals surface area contributed by atoms with Crippen LogP contribution < -0.4 is 10.1 Å². The number of thioether (sulfide) groups is 1. The molecule has 0 atom stereocenters. The number of nitrogens with one attached hydrogen (secondary N) is 1. The molecule has 0 unspecified atom stereocenters. The van der Waals surface area contributed by atoms with Crippen LogP contribution in [0.5, 0.6) is 5.75 Å². The van der Waals surface area contributed by atoms with E-state index in [1.807, 2.05) is 31.3 Å². The molecule has 6 nitrogen and oxygen atoms in total. The molecule has 0 saturated heterocycles. The molecule has 0 spiro atoms. The van der Waals surface area contributed by atoms with Crippen LogP contribution in [0.25, 0.3) is 0 Å². The Morgan fingerprint density at radius 3 is 2.64 bits per heavy atom. The lowest BCUT2D eigenvalue weighted by Crippen LogP contribution is -2.14. The van der Waals surface area contributed by atoms with Crippen LogP contribution in [0.4, 0.5) is 5.69 Å². The van der Waals surface area contributed by atoms with Crippen molar-refractivity contribution in [1.29, 1.82) is 0 Å². The zero-order chi connectivity index (χ0) is 20.1. The lowest BCUT2D eigenvalue weighted by atomic mass is 10.3. The number of aromatic nitrogens is 3. The number of rotatable bonds is 7. The number of halogens is 3. The third kappa shape index (κ3) is 5.64. The first-order chi connectivity index (χ1) is 13.4. The third-order valence-corrected chi connectivity index (χ3v) is 5.93. The predicted molar refractivity (Wildman–Crippen MR) is 115 cm³/mol. The van der Waals surface area contributed by atoms with Gasteiger partial charge < -0.3 is 14.6 Å². The summed E-state index contributed by atoms with van der Waals surface area (Å²) in [5.41, 5.74) is 0.585. The van der Waals surface area contributed by atoms with Gasteiger partial charge in [0.05, 0.1) is 15.8 Å². The van der Waals surface area contributed by atoms with Gasteiger partial charge in [-0.3, -0.25) is 4.79 Å².